The highest BCUT2D eigenvalue weighted by Crippen LogP contribution is 2.19. The number of rotatable bonds is 5. The van der Waals surface area contributed by atoms with Gasteiger partial charge in [0.25, 0.3) is 5.91 Å². The third-order valence-corrected chi connectivity index (χ3v) is 5.76. The van der Waals surface area contributed by atoms with E-state index < -0.39 is 0 Å². The summed E-state index contributed by atoms with van der Waals surface area (Å²) in [6, 6.07) is 12.9. The number of aromatic nitrogens is 2. The average molecular weight is 438 g/mol. The van der Waals surface area contributed by atoms with E-state index in [0.717, 1.165) is 40.3 Å². The average Bonchev–Trinajstić information content (AvgIpc) is 3.02. The minimum Gasteiger partial charge on any atom is -0.326 e. The van der Waals surface area contributed by atoms with E-state index >= 15 is 0 Å². The molecule has 0 atom stereocenters. The topological polar surface area (TPSA) is 71.3 Å². The van der Waals surface area contributed by atoms with E-state index in [0.29, 0.717) is 23.1 Å². The minimum absolute atomic E-state index is 0.320. The fraction of sp³-hybridized carbons (Fsp3) is 0.292. The van der Waals surface area contributed by atoms with Crippen molar-refractivity contribution < 1.29 is 4.79 Å². The van der Waals surface area contributed by atoms with Gasteiger partial charge in [-0.25, -0.2) is 4.99 Å². The Kier molecular flexibility index (Phi) is 7.13. The smallest absolute Gasteiger partial charge is 0.259 e. The Morgan fingerprint density at radius 2 is 1.84 bits per heavy atom. The van der Waals surface area contributed by atoms with E-state index in [9.17, 15) is 4.79 Å². The maximum Gasteiger partial charge on any atom is 0.259 e. The van der Waals surface area contributed by atoms with Gasteiger partial charge in [0, 0.05) is 23.5 Å². The van der Waals surface area contributed by atoms with Gasteiger partial charge in [-0.05, 0) is 63.9 Å². The fourth-order valence-electron chi connectivity index (χ4n) is 3.37. The Hall–Kier alpha value is -3.12. The van der Waals surface area contributed by atoms with Crippen LogP contribution in [0, 0.1) is 27.7 Å². The van der Waals surface area contributed by atoms with Crippen LogP contribution in [0.2, 0.25) is 5.02 Å². The lowest BCUT2D eigenvalue weighted by molar-refractivity contribution is 0.0977. The summed E-state index contributed by atoms with van der Waals surface area (Å²) >= 11 is 6.21. The van der Waals surface area contributed by atoms with Crippen molar-refractivity contribution in [1.82, 2.24) is 15.1 Å². The highest BCUT2D eigenvalue weighted by Gasteiger charge is 2.15. The predicted octanol–water partition coefficient (Wildman–Crippen LogP) is 5.19. The molecule has 162 valence electrons. The number of nitrogens with zero attached hydrogens (tertiary/aromatic N) is 3. The second-order valence-electron chi connectivity index (χ2n) is 7.44. The summed E-state index contributed by atoms with van der Waals surface area (Å²) in [6.07, 6.45) is 0. The number of aryl methyl sites for hydroxylation is 3. The second kappa shape index (κ2) is 9.79. The first-order valence-corrected chi connectivity index (χ1v) is 10.7. The number of guanidine groups is 1. The fourth-order valence-corrected chi connectivity index (χ4v) is 3.59. The van der Waals surface area contributed by atoms with Crippen molar-refractivity contribution in [3.63, 3.8) is 0 Å². The Morgan fingerprint density at radius 3 is 2.52 bits per heavy atom. The first kappa shape index (κ1) is 22.6. The molecule has 3 aromatic rings. The number of carbonyl (C=O) groups is 1. The van der Waals surface area contributed by atoms with Crippen LogP contribution in [0.4, 0.5) is 5.69 Å². The molecule has 0 fully saturated rings. The van der Waals surface area contributed by atoms with E-state index in [1.165, 1.54) is 0 Å². The molecular formula is C24H28ClN5O. The third kappa shape index (κ3) is 5.14. The quantitative estimate of drug-likeness (QED) is 0.426. The van der Waals surface area contributed by atoms with Crippen LogP contribution in [-0.2, 0) is 13.1 Å². The van der Waals surface area contributed by atoms with Crippen molar-refractivity contribution in [2.24, 2.45) is 4.99 Å². The van der Waals surface area contributed by atoms with E-state index in [1.807, 2.05) is 50.6 Å². The number of amides is 1. The minimum atomic E-state index is -0.320. The monoisotopic (exact) mass is 437 g/mol. The molecular weight excluding hydrogens is 410 g/mol. The Morgan fingerprint density at radius 1 is 1.10 bits per heavy atom. The Bertz CT molecular complexity index is 1130. The van der Waals surface area contributed by atoms with E-state index in [-0.39, 0.29) is 5.91 Å². The number of anilines is 1. The van der Waals surface area contributed by atoms with Gasteiger partial charge >= 0.3 is 0 Å². The van der Waals surface area contributed by atoms with Gasteiger partial charge < -0.3 is 5.32 Å². The second-order valence-corrected chi connectivity index (χ2v) is 7.84. The molecule has 0 unspecified atom stereocenters. The molecule has 0 saturated carbocycles. The molecule has 1 heterocycles. The van der Waals surface area contributed by atoms with Crippen molar-refractivity contribution in [2.75, 3.05) is 5.32 Å². The number of nitrogens with one attached hydrogen (secondary N) is 2. The molecule has 0 spiro atoms. The highest BCUT2D eigenvalue weighted by atomic mass is 35.5. The lowest BCUT2D eigenvalue weighted by Gasteiger charge is -2.15. The molecule has 7 heteroatoms. The van der Waals surface area contributed by atoms with Crippen molar-refractivity contribution in [1.29, 1.82) is 0 Å². The van der Waals surface area contributed by atoms with Crippen LogP contribution in [0.3, 0.4) is 0 Å². The van der Waals surface area contributed by atoms with Crippen molar-refractivity contribution in [3.8, 4) is 0 Å². The highest BCUT2D eigenvalue weighted by molar-refractivity contribution is 6.34. The summed E-state index contributed by atoms with van der Waals surface area (Å²) in [5.74, 6) is 0.0431. The van der Waals surface area contributed by atoms with Crippen LogP contribution in [0.25, 0.3) is 0 Å². The van der Waals surface area contributed by atoms with Crippen LogP contribution < -0.4 is 10.6 Å². The van der Waals surface area contributed by atoms with Gasteiger partial charge in [0.2, 0.25) is 5.96 Å². The molecule has 0 bridgehead atoms. The summed E-state index contributed by atoms with van der Waals surface area (Å²) in [5.41, 5.74) is 6.58. The van der Waals surface area contributed by atoms with Crippen molar-refractivity contribution in [3.05, 3.63) is 81.1 Å². The van der Waals surface area contributed by atoms with Gasteiger partial charge in [0.1, 0.15) is 0 Å². The molecule has 0 radical (unpaired) electrons. The molecule has 0 aliphatic rings. The molecule has 3 rings (SSSR count). The maximum atomic E-state index is 12.9. The molecule has 1 aromatic heterocycles. The van der Waals surface area contributed by atoms with Crippen LogP contribution in [0.1, 0.15) is 45.4 Å². The van der Waals surface area contributed by atoms with Crippen LogP contribution >= 0.6 is 11.6 Å². The summed E-state index contributed by atoms with van der Waals surface area (Å²) in [6.45, 7) is 11.3. The molecule has 0 saturated heterocycles. The predicted molar refractivity (Wildman–Crippen MR) is 127 cm³/mol. The maximum absolute atomic E-state index is 12.9. The van der Waals surface area contributed by atoms with Gasteiger partial charge in [0.05, 0.1) is 22.8 Å². The van der Waals surface area contributed by atoms with Gasteiger partial charge in [-0.1, -0.05) is 35.9 Å². The molecule has 1 amide bonds. The normalized spacial score (nSPS) is 11.5. The number of aliphatic imine (C=N–C) groups is 1. The zero-order valence-corrected chi connectivity index (χ0v) is 19.3. The summed E-state index contributed by atoms with van der Waals surface area (Å²) in [5, 5.41) is 11.1. The van der Waals surface area contributed by atoms with Crippen molar-refractivity contribution >= 4 is 29.2 Å². The van der Waals surface area contributed by atoms with Gasteiger partial charge in [-0.2, -0.15) is 5.10 Å². The molecule has 0 aliphatic heterocycles. The lowest BCUT2D eigenvalue weighted by Crippen LogP contribution is -2.36. The summed E-state index contributed by atoms with van der Waals surface area (Å²) in [4.78, 5) is 17.6. The van der Waals surface area contributed by atoms with Crippen LogP contribution in [-0.4, -0.2) is 21.6 Å². The standard InChI is InChI=1S/C24H28ClN5O/c1-6-30-18(5)20(17(4)29-30)14-26-24(27-22-13-9-10-15(2)16(22)3)28-23(31)19-11-7-8-12-21(19)25/h7-13H,6,14H2,1-5H3,(H2,26,27,28,31). The number of carbonyl (C=O) groups excluding carboxylic acids is 1. The number of benzene rings is 2. The van der Waals surface area contributed by atoms with E-state index in [1.54, 1.807) is 24.3 Å². The molecule has 6 nitrogen and oxygen atoms in total. The Balaban J connectivity index is 1.93. The van der Waals surface area contributed by atoms with E-state index in [4.69, 9.17) is 16.6 Å². The summed E-state index contributed by atoms with van der Waals surface area (Å²) < 4.78 is 1.96. The van der Waals surface area contributed by atoms with Gasteiger partial charge in [-0.3, -0.25) is 14.8 Å². The molecule has 2 aromatic carbocycles. The zero-order chi connectivity index (χ0) is 22.5. The number of halogens is 1. The lowest BCUT2D eigenvalue weighted by atomic mass is 10.1. The molecule has 0 aliphatic carbocycles. The molecule has 31 heavy (non-hydrogen) atoms. The van der Waals surface area contributed by atoms with E-state index in [2.05, 4.69) is 22.7 Å². The van der Waals surface area contributed by atoms with Gasteiger partial charge in [0.15, 0.2) is 0 Å². The van der Waals surface area contributed by atoms with Crippen LogP contribution in [0.15, 0.2) is 47.5 Å². The number of hydrogen-bond acceptors (Lipinski definition) is 3. The Labute approximate surface area is 188 Å². The zero-order valence-electron chi connectivity index (χ0n) is 18.6. The van der Waals surface area contributed by atoms with Crippen molar-refractivity contribution in [2.45, 2.75) is 47.7 Å². The molecule has 2 N–H and O–H groups in total. The van der Waals surface area contributed by atoms with Crippen LogP contribution in [0.5, 0.6) is 0 Å². The first-order chi connectivity index (χ1) is 14.8. The first-order valence-electron chi connectivity index (χ1n) is 10.3. The number of hydrogen-bond donors (Lipinski definition) is 2. The SMILES string of the molecule is CCn1nc(C)c(CN=C(NC(=O)c2ccccc2Cl)Nc2cccc(C)c2C)c1C. The largest absolute Gasteiger partial charge is 0.326 e. The third-order valence-electron chi connectivity index (χ3n) is 5.43. The van der Waals surface area contributed by atoms with Gasteiger partial charge in [-0.15, -0.1) is 0 Å². The summed E-state index contributed by atoms with van der Waals surface area (Å²) in [7, 11) is 0.